The number of aromatic amines is 1. The van der Waals surface area contributed by atoms with E-state index in [2.05, 4.69) is 54.9 Å². The molecule has 0 spiro atoms. The molecule has 1 N–H and O–H groups in total. The van der Waals surface area contributed by atoms with Crippen molar-refractivity contribution in [2.45, 2.75) is 25.9 Å². The van der Waals surface area contributed by atoms with Gasteiger partial charge < -0.3 is 14.8 Å². The Labute approximate surface area is 151 Å². The van der Waals surface area contributed by atoms with E-state index in [1.54, 1.807) is 6.33 Å². The first-order valence-electron chi connectivity index (χ1n) is 8.90. The second kappa shape index (κ2) is 5.70. The molecule has 5 rings (SSSR count). The summed E-state index contributed by atoms with van der Waals surface area (Å²) in [6, 6.07) is 6.83. The summed E-state index contributed by atoms with van der Waals surface area (Å²) in [4.78, 5) is 21.3. The molecular weight excluding hydrogens is 326 g/mol. The van der Waals surface area contributed by atoms with Gasteiger partial charge in [0.25, 0.3) is 0 Å². The van der Waals surface area contributed by atoms with Gasteiger partial charge in [-0.2, -0.15) is 5.26 Å². The van der Waals surface area contributed by atoms with Gasteiger partial charge in [0.1, 0.15) is 17.8 Å². The van der Waals surface area contributed by atoms with Crippen LogP contribution in [0.4, 0.5) is 11.5 Å². The monoisotopic (exact) mass is 345 g/mol. The Balaban J connectivity index is 1.54. The summed E-state index contributed by atoms with van der Waals surface area (Å²) in [5.41, 5.74) is 4.40. The Morgan fingerprint density at radius 3 is 2.96 bits per heavy atom. The summed E-state index contributed by atoms with van der Waals surface area (Å²) in [5.74, 6) is 1.09. The maximum Gasteiger partial charge on any atom is 0.139 e. The van der Waals surface area contributed by atoms with Crippen LogP contribution < -0.4 is 9.80 Å². The highest BCUT2D eigenvalue weighted by atomic mass is 15.3. The molecule has 0 radical (unpaired) electrons. The average Bonchev–Trinajstić information content (AvgIpc) is 3.09. The number of nitrogens with one attached hydrogen (secondary N) is 1. The van der Waals surface area contributed by atoms with Crippen LogP contribution in [-0.4, -0.2) is 39.1 Å². The Bertz CT molecular complexity index is 1010. The molecule has 0 amide bonds. The number of aromatic nitrogens is 4. The molecule has 7 heteroatoms. The number of H-pyrrole nitrogens is 1. The van der Waals surface area contributed by atoms with E-state index in [1.165, 1.54) is 11.3 Å². The highest BCUT2D eigenvalue weighted by Gasteiger charge is 2.33. The quantitative estimate of drug-likeness (QED) is 0.767. The van der Waals surface area contributed by atoms with Crippen LogP contribution in [0.15, 0.2) is 30.9 Å². The summed E-state index contributed by atoms with van der Waals surface area (Å²) in [6.07, 6.45) is 6.33. The molecule has 2 aliphatic heterocycles. The molecule has 1 saturated heterocycles. The molecule has 3 aromatic rings. The lowest BCUT2D eigenvalue weighted by atomic mass is 9.96. The summed E-state index contributed by atoms with van der Waals surface area (Å²) >= 11 is 0. The number of hydrogen-bond donors (Lipinski definition) is 1. The normalized spacial score (nSPS) is 19.9. The number of hydrogen-bond acceptors (Lipinski definition) is 6. The van der Waals surface area contributed by atoms with Crippen molar-refractivity contribution in [1.29, 1.82) is 5.26 Å². The summed E-state index contributed by atoms with van der Waals surface area (Å²) in [5, 5.41) is 10.2. The van der Waals surface area contributed by atoms with Crippen molar-refractivity contribution in [3.8, 4) is 6.07 Å². The van der Waals surface area contributed by atoms with Crippen LogP contribution in [0.5, 0.6) is 0 Å². The van der Waals surface area contributed by atoms with Crippen LogP contribution in [0, 0.1) is 17.2 Å². The molecule has 5 heterocycles. The van der Waals surface area contributed by atoms with Crippen molar-refractivity contribution in [1.82, 2.24) is 19.9 Å². The molecule has 2 aliphatic rings. The zero-order valence-corrected chi connectivity index (χ0v) is 14.6. The molecule has 26 heavy (non-hydrogen) atoms. The fourth-order valence-corrected chi connectivity index (χ4v) is 4.02. The molecule has 7 nitrogen and oxygen atoms in total. The average molecular weight is 345 g/mol. The van der Waals surface area contributed by atoms with Crippen molar-refractivity contribution in [2.24, 2.45) is 5.92 Å². The van der Waals surface area contributed by atoms with Gasteiger partial charge in [-0.05, 0) is 19.1 Å². The molecule has 130 valence electrons. The molecule has 0 aliphatic carbocycles. The number of pyridine rings is 1. The fourth-order valence-electron chi connectivity index (χ4n) is 4.02. The van der Waals surface area contributed by atoms with Crippen LogP contribution in [0.2, 0.25) is 0 Å². The van der Waals surface area contributed by atoms with Gasteiger partial charge in [0, 0.05) is 61.1 Å². The lowest BCUT2D eigenvalue weighted by Crippen LogP contribution is -2.48. The molecule has 1 atom stereocenters. The predicted octanol–water partition coefficient (Wildman–Crippen LogP) is 2.26. The van der Waals surface area contributed by atoms with Gasteiger partial charge in [-0.15, -0.1) is 0 Å². The van der Waals surface area contributed by atoms with Crippen molar-refractivity contribution in [2.75, 3.05) is 22.9 Å². The predicted molar refractivity (Wildman–Crippen MR) is 98.8 cm³/mol. The Hall–Kier alpha value is -3.14. The molecule has 1 fully saturated rings. The number of rotatable bonds is 2. The highest BCUT2D eigenvalue weighted by Crippen LogP contribution is 2.36. The third-order valence-electron chi connectivity index (χ3n) is 5.47. The SMILES string of the molecule is CC1Cc2ncnc(N3CC(C#N)C3)c2CN1c1ccnc2[nH]ccc12. The van der Waals surface area contributed by atoms with Gasteiger partial charge in [0.2, 0.25) is 0 Å². The van der Waals surface area contributed by atoms with Gasteiger partial charge in [-0.3, -0.25) is 0 Å². The minimum absolute atomic E-state index is 0.110. The van der Waals surface area contributed by atoms with E-state index in [-0.39, 0.29) is 5.92 Å². The number of nitriles is 1. The van der Waals surface area contributed by atoms with E-state index >= 15 is 0 Å². The maximum absolute atomic E-state index is 9.07. The standard InChI is InChI=1S/C19H19N7/c1-12-6-16-15(19(24-11-23-16)25-8-13(7-20)9-25)10-26(12)17-3-5-22-18-14(17)2-4-21-18/h2-5,11-13H,6,8-10H2,1H3,(H,21,22). The first kappa shape index (κ1) is 15.1. The van der Waals surface area contributed by atoms with E-state index < -0.39 is 0 Å². The lowest BCUT2D eigenvalue weighted by molar-refractivity contribution is 0.492. The third-order valence-corrected chi connectivity index (χ3v) is 5.47. The Kier molecular flexibility index (Phi) is 3.32. The van der Waals surface area contributed by atoms with E-state index in [9.17, 15) is 0 Å². The van der Waals surface area contributed by atoms with E-state index in [4.69, 9.17) is 5.26 Å². The van der Waals surface area contributed by atoms with Crippen LogP contribution in [0.1, 0.15) is 18.2 Å². The van der Waals surface area contributed by atoms with Crippen LogP contribution in [0.25, 0.3) is 11.0 Å². The highest BCUT2D eigenvalue weighted by molar-refractivity contribution is 5.90. The van der Waals surface area contributed by atoms with Crippen molar-refractivity contribution in [3.63, 3.8) is 0 Å². The second-order valence-corrected chi connectivity index (χ2v) is 7.10. The molecular formula is C19H19N7. The molecule has 3 aromatic heterocycles. The van der Waals surface area contributed by atoms with Crippen molar-refractivity contribution in [3.05, 3.63) is 42.1 Å². The maximum atomic E-state index is 9.07. The van der Waals surface area contributed by atoms with Crippen LogP contribution in [-0.2, 0) is 13.0 Å². The second-order valence-electron chi connectivity index (χ2n) is 7.10. The van der Waals surface area contributed by atoms with Gasteiger partial charge in [0.05, 0.1) is 17.7 Å². The minimum atomic E-state index is 0.110. The smallest absolute Gasteiger partial charge is 0.139 e. The largest absolute Gasteiger partial charge is 0.363 e. The first-order chi connectivity index (χ1) is 12.7. The first-order valence-corrected chi connectivity index (χ1v) is 8.90. The van der Waals surface area contributed by atoms with E-state index in [0.717, 1.165) is 48.6 Å². The zero-order valence-electron chi connectivity index (χ0n) is 14.6. The van der Waals surface area contributed by atoms with Crippen LogP contribution in [0.3, 0.4) is 0 Å². The van der Waals surface area contributed by atoms with Crippen LogP contribution >= 0.6 is 0 Å². The molecule has 0 bridgehead atoms. The van der Waals surface area contributed by atoms with Crippen molar-refractivity contribution >= 4 is 22.5 Å². The van der Waals surface area contributed by atoms with Crippen molar-refractivity contribution < 1.29 is 0 Å². The summed E-state index contributed by atoms with van der Waals surface area (Å²) in [6.45, 7) is 4.52. The molecule has 1 unspecified atom stereocenters. The topological polar surface area (TPSA) is 84.7 Å². The lowest BCUT2D eigenvalue weighted by Gasteiger charge is -2.41. The summed E-state index contributed by atoms with van der Waals surface area (Å²) in [7, 11) is 0. The number of fused-ring (bicyclic) bond motifs is 2. The Morgan fingerprint density at radius 2 is 2.12 bits per heavy atom. The minimum Gasteiger partial charge on any atom is -0.363 e. The number of anilines is 2. The zero-order chi connectivity index (χ0) is 17.7. The fraction of sp³-hybridized carbons (Fsp3) is 0.368. The number of nitrogens with zero attached hydrogens (tertiary/aromatic N) is 6. The Morgan fingerprint density at radius 1 is 1.23 bits per heavy atom. The van der Waals surface area contributed by atoms with Gasteiger partial charge >= 0.3 is 0 Å². The third kappa shape index (κ3) is 2.22. The van der Waals surface area contributed by atoms with E-state index in [0.29, 0.717) is 6.04 Å². The van der Waals surface area contributed by atoms with Gasteiger partial charge in [0.15, 0.2) is 0 Å². The van der Waals surface area contributed by atoms with Gasteiger partial charge in [-0.25, -0.2) is 15.0 Å². The molecule has 0 aromatic carbocycles. The van der Waals surface area contributed by atoms with E-state index in [1.807, 2.05) is 12.4 Å². The molecule has 0 saturated carbocycles. The summed E-state index contributed by atoms with van der Waals surface area (Å²) < 4.78 is 0. The van der Waals surface area contributed by atoms with Gasteiger partial charge in [-0.1, -0.05) is 0 Å².